The predicted octanol–water partition coefficient (Wildman–Crippen LogP) is 0.595. The molecular formula is C4H6N2S3. The molecule has 0 bridgehead atoms. The molecule has 1 heterocycles. The first kappa shape index (κ1) is 7.24. The van der Waals surface area contributed by atoms with E-state index in [1.54, 1.807) is 27.8 Å². The Kier molecular flexibility index (Phi) is 2.26. The van der Waals surface area contributed by atoms with Gasteiger partial charge in [0.05, 0.1) is 0 Å². The lowest BCUT2D eigenvalue weighted by molar-refractivity contribution is -0.760. The Morgan fingerprint density at radius 1 is 1.78 bits per heavy atom. The summed E-state index contributed by atoms with van der Waals surface area (Å²) >= 11 is 8.07. The normalized spacial score (nSPS) is 10.0. The summed E-state index contributed by atoms with van der Waals surface area (Å²) in [4.78, 5) is 0. The highest BCUT2D eigenvalue weighted by Crippen LogP contribution is 2.16. The summed E-state index contributed by atoms with van der Waals surface area (Å²) in [7, 11) is 1.90. The van der Waals surface area contributed by atoms with Crippen molar-refractivity contribution in [1.29, 1.82) is 0 Å². The van der Waals surface area contributed by atoms with Crippen LogP contribution in [0, 0.1) is 0 Å². The third-order valence-corrected chi connectivity index (χ3v) is 3.24. The van der Waals surface area contributed by atoms with Crippen LogP contribution in [0.4, 0.5) is 0 Å². The molecule has 0 aliphatic rings. The van der Waals surface area contributed by atoms with Gasteiger partial charge in [-0.25, -0.2) is 0 Å². The first-order valence-electron chi connectivity index (χ1n) is 2.32. The van der Waals surface area contributed by atoms with Crippen LogP contribution in [0.5, 0.6) is 0 Å². The fraction of sp³-hybridized carbons (Fsp3) is 0.500. The van der Waals surface area contributed by atoms with E-state index in [2.05, 4.69) is 5.10 Å². The molecule has 0 radical (unpaired) electrons. The Labute approximate surface area is 67.7 Å². The van der Waals surface area contributed by atoms with E-state index >= 15 is 0 Å². The maximum Gasteiger partial charge on any atom is 0.232 e. The molecule has 0 aliphatic carbocycles. The molecule has 2 nitrogen and oxygen atoms in total. The Morgan fingerprint density at radius 2 is 2.44 bits per heavy atom. The minimum absolute atomic E-state index is 0.710. The van der Waals surface area contributed by atoms with Crippen LogP contribution in [0.3, 0.4) is 0 Å². The van der Waals surface area contributed by atoms with E-state index < -0.39 is 0 Å². The van der Waals surface area contributed by atoms with Crippen LogP contribution in [0.15, 0.2) is 8.68 Å². The van der Waals surface area contributed by atoms with Crippen molar-refractivity contribution >= 4 is 35.7 Å². The number of nitrogens with zero attached hydrogens (tertiary/aromatic N) is 2. The first-order valence-corrected chi connectivity index (χ1v) is 4.77. The van der Waals surface area contributed by atoms with E-state index in [-0.39, 0.29) is 0 Å². The van der Waals surface area contributed by atoms with Crippen LogP contribution < -0.4 is 4.68 Å². The zero-order valence-electron chi connectivity index (χ0n) is 5.12. The SMILES string of the molecule is CSc1sc([S-])n[n+]1C. The van der Waals surface area contributed by atoms with Gasteiger partial charge < -0.3 is 12.6 Å². The largest absolute Gasteiger partial charge is 0.402 e. The Morgan fingerprint density at radius 3 is 2.67 bits per heavy atom. The first-order chi connectivity index (χ1) is 4.24. The van der Waals surface area contributed by atoms with E-state index in [9.17, 15) is 0 Å². The lowest BCUT2D eigenvalue weighted by atomic mass is 11.3. The van der Waals surface area contributed by atoms with Gasteiger partial charge in [0.25, 0.3) is 0 Å². The standard InChI is InChI=1S/C4H6N2S3/c1-6-4(8-2)9-3(7)5-6/h1-2H3. The summed E-state index contributed by atoms with van der Waals surface area (Å²) in [6.45, 7) is 0. The molecule has 0 aromatic carbocycles. The summed E-state index contributed by atoms with van der Waals surface area (Å²) in [5.41, 5.74) is 0. The highest BCUT2D eigenvalue weighted by atomic mass is 32.2. The Hall–Kier alpha value is 0.130. The monoisotopic (exact) mass is 178 g/mol. The number of aryl methyl sites for hydroxylation is 1. The molecule has 0 saturated heterocycles. The Bertz CT molecular complexity index is 208. The maximum absolute atomic E-state index is 4.86. The van der Waals surface area contributed by atoms with Crippen LogP contribution in [-0.2, 0) is 19.7 Å². The lowest BCUT2D eigenvalue weighted by Crippen LogP contribution is -2.31. The zero-order chi connectivity index (χ0) is 6.85. The van der Waals surface area contributed by atoms with Gasteiger partial charge in [0, 0.05) is 4.34 Å². The highest BCUT2D eigenvalue weighted by Gasteiger charge is 2.01. The van der Waals surface area contributed by atoms with E-state index in [1.807, 2.05) is 13.3 Å². The van der Waals surface area contributed by atoms with Gasteiger partial charge in [0.15, 0.2) is 7.05 Å². The average molecular weight is 178 g/mol. The van der Waals surface area contributed by atoms with Gasteiger partial charge >= 0.3 is 0 Å². The zero-order valence-corrected chi connectivity index (χ0v) is 7.57. The second-order valence-corrected chi connectivity index (χ2v) is 4.14. The summed E-state index contributed by atoms with van der Waals surface area (Å²) in [5, 5.41) is 4.01. The molecule has 0 spiro atoms. The molecular weight excluding hydrogens is 172 g/mol. The molecule has 0 N–H and O–H groups in total. The van der Waals surface area contributed by atoms with Gasteiger partial charge in [-0.05, 0) is 11.4 Å². The molecule has 1 aromatic heterocycles. The molecule has 5 heteroatoms. The quantitative estimate of drug-likeness (QED) is 0.356. The summed E-state index contributed by atoms with van der Waals surface area (Å²) < 4.78 is 3.67. The van der Waals surface area contributed by atoms with Crippen molar-refractivity contribution in [2.24, 2.45) is 7.05 Å². The number of rotatable bonds is 1. The number of thioether (sulfide) groups is 1. The van der Waals surface area contributed by atoms with Gasteiger partial charge in [-0.15, -0.1) is 0 Å². The van der Waals surface area contributed by atoms with E-state index in [0.29, 0.717) is 4.34 Å². The molecule has 0 aliphatic heterocycles. The van der Waals surface area contributed by atoms with Crippen LogP contribution in [0.2, 0.25) is 0 Å². The third kappa shape index (κ3) is 1.53. The molecule has 1 aromatic rings. The van der Waals surface area contributed by atoms with E-state index in [0.717, 1.165) is 4.34 Å². The molecule has 0 saturated carbocycles. The second-order valence-electron chi connectivity index (χ2n) is 1.46. The van der Waals surface area contributed by atoms with Crippen molar-refractivity contribution in [3.8, 4) is 0 Å². The van der Waals surface area contributed by atoms with E-state index in [4.69, 9.17) is 12.6 Å². The summed E-state index contributed by atoms with van der Waals surface area (Å²) in [6, 6.07) is 0. The van der Waals surface area contributed by atoms with Crippen molar-refractivity contribution < 1.29 is 4.68 Å². The van der Waals surface area contributed by atoms with Crippen molar-refractivity contribution in [3.63, 3.8) is 0 Å². The fourth-order valence-corrected chi connectivity index (χ4v) is 2.38. The van der Waals surface area contributed by atoms with Gasteiger partial charge in [0.2, 0.25) is 4.34 Å². The number of hydrogen-bond acceptors (Lipinski definition) is 4. The van der Waals surface area contributed by atoms with Crippen LogP contribution in [-0.4, -0.2) is 11.4 Å². The van der Waals surface area contributed by atoms with Crippen molar-refractivity contribution in [2.75, 3.05) is 6.26 Å². The minimum Gasteiger partial charge on any atom is -0.402 e. The topological polar surface area (TPSA) is 16.8 Å². The Balaban J connectivity index is 3.01. The molecule has 0 atom stereocenters. The fourth-order valence-electron chi connectivity index (χ4n) is 0.498. The second kappa shape index (κ2) is 2.81. The van der Waals surface area contributed by atoms with Gasteiger partial charge in [-0.2, -0.15) is 0 Å². The lowest BCUT2D eigenvalue weighted by Gasteiger charge is -1.82. The molecule has 0 fully saturated rings. The average Bonchev–Trinajstić information content (AvgIpc) is 2.10. The van der Waals surface area contributed by atoms with Gasteiger partial charge in [0.1, 0.15) is 0 Å². The molecule has 9 heavy (non-hydrogen) atoms. The van der Waals surface area contributed by atoms with Crippen molar-refractivity contribution in [1.82, 2.24) is 5.10 Å². The highest BCUT2D eigenvalue weighted by molar-refractivity contribution is 8.00. The van der Waals surface area contributed by atoms with Gasteiger partial charge in [-0.1, -0.05) is 16.4 Å². The van der Waals surface area contributed by atoms with Crippen LogP contribution >= 0.6 is 23.1 Å². The molecule has 0 unspecified atom stereocenters. The predicted molar refractivity (Wildman–Crippen MR) is 40.7 cm³/mol. The van der Waals surface area contributed by atoms with Crippen LogP contribution in [0.25, 0.3) is 0 Å². The molecule has 0 amide bonds. The maximum atomic E-state index is 4.86. The molecule has 1 rings (SSSR count). The van der Waals surface area contributed by atoms with E-state index in [1.165, 1.54) is 0 Å². The van der Waals surface area contributed by atoms with Crippen molar-refractivity contribution in [2.45, 2.75) is 8.68 Å². The summed E-state index contributed by atoms with van der Waals surface area (Å²) in [5.74, 6) is 0. The van der Waals surface area contributed by atoms with Gasteiger partial charge in [-0.3, -0.25) is 11.3 Å². The minimum atomic E-state index is 0.710. The smallest absolute Gasteiger partial charge is 0.232 e. The molecule has 50 valence electrons. The third-order valence-electron chi connectivity index (χ3n) is 0.845. The number of hydrogen-bond donors (Lipinski definition) is 0. The number of aromatic nitrogens is 2. The van der Waals surface area contributed by atoms with Crippen LogP contribution in [0.1, 0.15) is 0 Å². The summed E-state index contributed by atoms with van der Waals surface area (Å²) in [6.07, 6.45) is 2.02. The van der Waals surface area contributed by atoms with Crippen molar-refractivity contribution in [3.05, 3.63) is 0 Å².